The minimum Gasteiger partial charge on any atom is -0.398 e. The average Bonchev–Trinajstić information content (AvgIpc) is 2.49. The summed E-state index contributed by atoms with van der Waals surface area (Å²) >= 11 is 0. The number of amidine groups is 1. The molecule has 0 bridgehead atoms. The molecule has 0 aromatic carbocycles. The maximum absolute atomic E-state index is 12.3. The van der Waals surface area contributed by atoms with Gasteiger partial charge >= 0.3 is 0 Å². The molecule has 0 aromatic rings. The number of fused-ring (bicyclic) bond motifs is 1. The van der Waals surface area contributed by atoms with Gasteiger partial charge in [-0.05, 0) is 30.9 Å². The van der Waals surface area contributed by atoms with Gasteiger partial charge in [-0.1, -0.05) is 6.92 Å². The number of hydrogen-bond acceptors (Lipinski definition) is 5. The summed E-state index contributed by atoms with van der Waals surface area (Å²) in [7, 11) is 0. The zero-order valence-electron chi connectivity index (χ0n) is 12.7. The minimum absolute atomic E-state index is 0.0115. The summed E-state index contributed by atoms with van der Waals surface area (Å²) in [6.07, 6.45) is 7.21. The first-order valence-electron chi connectivity index (χ1n) is 7.61. The van der Waals surface area contributed by atoms with Crippen LogP contribution in [0.3, 0.4) is 0 Å². The smallest absolute Gasteiger partial charge is 0.263 e. The molecular weight excluding hydrogens is 282 g/mol. The topological polar surface area (TPSA) is 82.2 Å². The lowest BCUT2D eigenvalue weighted by molar-refractivity contribution is -0.142. The number of allylic oxidation sites excluding steroid dienone is 1. The van der Waals surface area contributed by atoms with Gasteiger partial charge < -0.3 is 15.5 Å². The van der Waals surface area contributed by atoms with Gasteiger partial charge in [0.15, 0.2) is 5.84 Å². The fourth-order valence-corrected chi connectivity index (χ4v) is 2.79. The summed E-state index contributed by atoms with van der Waals surface area (Å²) in [6.45, 7) is 3.91. The second kappa shape index (κ2) is 5.82. The quantitative estimate of drug-likeness (QED) is 0.783. The van der Waals surface area contributed by atoms with Gasteiger partial charge in [-0.25, -0.2) is 5.01 Å². The average molecular weight is 303 g/mol. The van der Waals surface area contributed by atoms with Crippen molar-refractivity contribution in [1.82, 2.24) is 14.8 Å². The Kier molecular flexibility index (Phi) is 3.87. The van der Waals surface area contributed by atoms with Crippen LogP contribution in [0.1, 0.15) is 19.8 Å². The fraction of sp³-hybridized carbons (Fsp3) is 0.533. The number of piperidine rings is 1. The molecule has 3 rings (SSSR count). The van der Waals surface area contributed by atoms with E-state index in [1.54, 1.807) is 23.3 Å². The van der Waals surface area contributed by atoms with E-state index in [0.29, 0.717) is 17.5 Å². The lowest BCUT2D eigenvalue weighted by atomic mass is 9.99. The molecule has 0 spiro atoms. The van der Waals surface area contributed by atoms with Gasteiger partial charge in [0.05, 0.1) is 0 Å². The van der Waals surface area contributed by atoms with Gasteiger partial charge in [0, 0.05) is 25.0 Å². The molecule has 0 aromatic heterocycles. The normalized spacial score (nSPS) is 22.4. The highest BCUT2D eigenvalue weighted by atomic mass is 16.2. The van der Waals surface area contributed by atoms with Crippen LogP contribution in [-0.2, 0) is 9.59 Å². The van der Waals surface area contributed by atoms with Gasteiger partial charge in [-0.3, -0.25) is 9.59 Å². The molecule has 2 N–H and O–H groups in total. The van der Waals surface area contributed by atoms with Crippen LogP contribution in [0.2, 0.25) is 0 Å². The van der Waals surface area contributed by atoms with Crippen LogP contribution in [0.15, 0.2) is 29.2 Å². The van der Waals surface area contributed by atoms with E-state index in [1.807, 2.05) is 4.90 Å². The molecule has 3 aliphatic heterocycles. The van der Waals surface area contributed by atoms with Crippen LogP contribution >= 0.6 is 0 Å². The minimum atomic E-state index is -0.193. The predicted molar refractivity (Wildman–Crippen MR) is 82.2 cm³/mol. The molecule has 0 aliphatic carbocycles. The summed E-state index contributed by atoms with van der Waals surface area (Å²) in [6, 6.07) is 0. The van der Waals surface area contributed by atoms with Crippen molar-refractivity contribution in [2.75, 3.05) is 26.2 Å². The maximum Gasteiger partial charge on any atom is 0.263 e. The highest BCUT2D eigenvalue weighted by molar-refractivity contribution is 6.01. The van der Waals surface area contributed by atoms with E-state index in [0.717, 1.165) is 25.9 Å². The molecule has 7 nitrogen and oxygen atoms in total. The molecular formula is C15H21N5O2. The van der Waals surface area contributed by atoms with E-state index in [-0.39, 0.29) is 24.9 Å². The van der Waals surface area contributed by atoms with Crippen molar-refractivity contribution in [3.8, 4) is 0 Å². The number of likely N-dealkylation sites (tertiary alicyclic amines) is 1. The number of amides is 2. The summed E-state index contributed by atoms with van der Waals surface area (Å²) < 4.78 is 0. The first kappa shape index (κ1) is 14.6. The van der Waals surface area contributed by atoms with Crippen molar-refractivity contribution in [1.29, 1.82) is 0 Å². The third-order valence-corrected chi connectivity index (χ3v) is 4.26. The summed E-state index contributed by atoms with van der Waals surface area (Å²) in [5, 5.41) is 5.53. The molecule has 22 heavy (non-hydrogen) atoms. The lowest BCUT2D eigenvalue weighted by Crippen LogP contribution is -2.50. The maximum atomic E-state index is 12.3. The van der Waals surface area contributed by atoms with Gasteiger partial charge in [-0.2, -0.15) is 5.10 Å². The molecule has 1 fully saturated rings. The van der Waals surface area contributed by atoms with Gasteiger partial charge in [-0.15, -0.1) is 0 Å². The van der Waals surface area contributed by atoms with Gasteiger partial charge in [0.1, 0.15) is 13.1 Å². The third kappa shape index (κ3) is 2.98. The van der Waals surface area contributed by atoms with E-state index in [9.17, 15) is 9.59 Å². The highest BCUT2D eigenvalue weighted by Gasteiger charge is 2.29. The lowest BCUT2D eigenvalue weighted by Gasteiger charge is -2.34. The van der Waals surface area contributed by atoms with Crippen LogP contribution in [0.25, 0.3) is 0 Å². The summed E-state index contributed by atoms with van der Waals surface area (Å²) in [5.74, 6) is 1.07. The number of hydrazone groups is 1. The molecule has 118 valence electrons. The number of rotatable bonds is 2. The molecule has 0 saturated carbocycles. The second-order valence-corrected chi connectivity index (χ2v) is 6.06. The molecule has 3 heterocycles. The van der Waals surface area contributed by atoms with Crippen molar-refractivity contribution in [3.05, 3.63) is 24.0 Å². The fourth-order valence-electron chi connectivity index (χ4n) is 2.79. The largest absolute Gasteiger partial charge is 0.398 e. The first-order valence-corrected chi connectivity index (χ1v) is 7.61. The Morgan fingerprint density at radius 2 is 2.09 bits per heavy atom. The molecule has 0 unspecified atom stereocenters. The predicted octanol–water partition coefficient (Wildman–Crippen LogP) is 0.0725. The zero-order chi connectivity index (χ0) is 15.7. The Bertz CT molecular complexity index is 572. The molecule has 2 amide bonds. The van der Waals surface area contributed by atoms with Crippen LogP contribution in [-0.4, -0.2) is 58.6 Å². The summed E-state index contributed by atoms with van der Waals surface area (Å²) in [5.41, 5.74) is 6.29. The van der Waals surface area contributed by atoms with E-state index in [1.165, 1.54) is 5.01 Å². The van der Waals surface area contributed by atoms with E-state index < -0.39 is 0 Å². The van der Waals surface area contributed by atoms with Crippen molar-refractivity contribution in [2.45, 2.75) is 19.8 Å². The number of nitrogens with zero attached hydrogens (tertiary/aromatic N) is 4. The Morgan fingerprint density at radius 3 is 2.82 bits per heavy atom. The number of carbonyl (C=O) groups is 2. The Balaban J connectivity index is 1.65. The van der Waals surface area contributed by atoms with Crippen molar-refractivity contribution in [3.63, 3.8) is 0 Å². The first-order chi connectivity index (χ1) is 10.5. The monoisotopic (exact) mass is 303 g/mol. The molecule has 0 radical (unpaired) electrons. The zero-order valence-corrected chi connectivity index (χ0v) is 12.7. The summed E-state index contributed by atoms with van der Waals surface area (Å²) in [4.78, 5) is 28.0. The van der Waals surface area contributed by atoms with Gasteiger partial charge in [0.2, 0.25) is 5.91 Å². The van der Waals surface area contributed by atoms with Crippen LogP contribution in [0.4, 0.5) is 0 Å². The Morgan fingerprint density at radius 1 is 1.36 bits per heavy atom. The van der Waals surface area contributed by atoms with Gasteiger partial charge in [0.25, 0.3) is 5.91 Å². The third-order valence-electron chi connectivity index (χ3n) is 4.26. The van der Waals surface area contributed by atoms with Crippen molar-refractivity contribution < 1.29 is 9.59 Å². The molecule has 7 heteroatoms. The molecule has 0 atom stereocenters. The second-order valence-electron chi connectivity index (χ2n) is 6.06. The van der Waals surface area contributed by atoms with E-state index in [4.69, 9.17) is 5.73 Å². The number of nitrogens with two attached hydrogens (primary N) is 1. The SMILES string of the molecule is CC1CCN(C(=O)CN2N=C3C=CC(N)=CN3CC2=O)CC1. The highest BCUT2D eigenvalue weighted by Crippen LogP contribution is 2.17. The Labute approximate surface area is 129 Å². The number of hydrogen-bond donors (Lipinski definition) is 1. The van der Waals surface area contributed by atoms with Crippen LogP contribution in [0.5, 0.6) is 0 Å². The van der Waals surface area contributed by atoms with E-state index >= 15 is 0 Å². The van der Waals surface area contributed by atoms with Crippen LogP contribution in [0, 0.1) is 5.92 Å². The molecule has 1 saturated heterocycles. The standard InChI is InChI=1S/C15H21N5O2/c1-11-4-6-18(7-5-11)14(21)10-20-15(22)9-19-8-12(16)2-3-13(19)17-20/h2-3,8,11H,4-7,9-10,16H2,1H3. The van der Waals surface area contributed by atoms with E-state index in [2.05, 4.69) is 12.0 Å². The Hall–Kier alpha value is -2.31. The van der Waals surface area contributed by atoms with Crippen LogP contribution < -0.4 is 5.73 Å². The van der Waals surface area contributed by atoms with Crippen molar-refractivity contribution in [2.24, 2.45) is 16.8 Å². The molecule has 3 aliphatic rings. The van der Waals surface area contributed by atoms with Crippen molar-refractivity contribution >= 4 is 17.6 Å². The number of carbonyl (C=O) groups excluding carboxylic acids is 2.